The number of aromatic nitrogens is 1. The zero-order valence-corrected chi connectivity index (χ0v) is 19.4. The molecule has 4 rings (SSSR count). The Morgan fingerprint density at radius 3 is 2.50 bits per heavy atom. The van der Waals surface area contributed by atoms with Gasteiger partial charge in [-0.05, 0) is 74.8 Å². The van der Waals surface area contributed by atoms with Crippen molar-refractivity contribution >= 4 is 5.82 Å². The largest absolute Gasteiger partial charge is 0.507 e. The number of anilines is 1. The van der Waals surface area contributed by atoms with Crippen LogP contribution in [-0.4, -0.2) is 66.2 Å². The average Bonchev–Trinajstić information content (AvgIpc) is 2.79. The second kappa shape index (κ2) is 10.2. The maximum atomic E-state index is 10.5. The summed E-state index contributed by atoms with van der Waals surface area (Å²) in [5.41, 5.74) is 6.16. The van der Waals surface area contributed by atoms with E-state index in [9.17, 15) is 5.11 Å². The van der Waals surface area contributed by atoms with E-state index in [1.807, 2.05) is 19.1 Å². The molecule has 0 radical (unpaired) electrons. The third kappa shape index (κ3) is 5.47. The maximum absolute atomic E-state index is 10.5. The summed E-state index contributed by atoms with van der Waals surface area (Å²) in [7, 11) is 2.19. The van der Waals surface area contributed by atoms with E-state index < -0.39 is 0 Å². The molecular formula is C27H34N4O. The smallest absolute Gasteiger partial charge is 0.127 e. The van der Waals surface area contributed by atoms with Crippen molar-refractivity contribution < 1.29 is 5.11 Å². The predicted octanol–water partition coefficient (Wildman–Crippen LogP) is 4.79. The van der Waals surface area contributed by atoms with Gasteiger partial charge >= 0.3 is 0 Å². The van der Waals surface area contributed by atoms with Crippen molar-refractivity contribution in [2.75, 3.05) is 51.6 Å². The summed E-state index contributed by atoms with van der Waals surface area (Å²) in [5.74, 6) is 1.10. The number of nitrogens with one attached hydrogen (secondary N) is 1. The predicted molar refractivity (Wildman–Crippen MR) is 133 cm³/mol. The highest BCUT2D eigenvalue weighted by Gasteiger charge is 2.14. The molecule has 0 aliphatic carbocycles. The number of nitrogens with zero attached hydrogens (tertiary/aromatic N) is 3. The van der Waals surface area contributed by atoms with Crippen LogP contribution in [0.1, 0.15) is 17.5 Å². The van der Waals surface area contributed by atoms with Gasteiger partial charge in [-0.3, -0.25) is 0 Å². The van der Waals surface area contributed by atoms with Gasteiger partial charge < -0.3 is 20.2 Å². The Kier molecular flexibility index (Phi) is 7.08. The monoisotopic (exact) mass is 430 g/mol. The Labute approximate surface area is 191 Å². The van der Waals surface area contributed by atoms with E-state index in [1.54, 1.807) is 6.07 Å². The van der Waals surface area contributed by atoms with Gasteiger partial charge in [0.05, 0.1) is 5.69 Å². The van der Waals surface area contributed by atoms with Gasteiger partial charge in [-0.2, -0.15) is 0 Å². The minimum Gasteiger partial charge on any atom is -0.507 e. The highest BCUT2D eigenvalue weighted by Crippen LogP contribution is 2.34. The molecule has 0 saturated carbocycles. The third-order valence-corrected chi connectivity index (χ3v) is 6.26. The highest BCUT2D eigenvalue weighted by molar-refractivity contribution is 5.77. The molecule has 0 amide bonds. The summed E-state index contributed by atoms with van der Waals surface area (Å²) in [6.45, 7) is 10.7. The summed E-state index contributed by atoms with van der Waals surface area (Å²) in [6.07, 6.45) is 1.07. The van der Waals surface area contributed by atoms with Crippen LogP contribution in [0.3, 0.4) is 0 Å². The molecule has 1 aliphatic rings. The minimum atomic E-state index is 0.256. The third-order valence-electron chi connectivity index (χ3n) is 6.26. The number of benzene rings is 2. The first-order chi connectivity index (χ1) is 15.5. The van der Waals surface area contributed by atoms with Crippen molar-refractivity contribution in [3.8, 4) is 28.1 Å². The molecule has 32 heavy (non-hydrogen) atoms. The molecule has 2 aromatic carbocycles. The van der Waals surface area contributed by atoms with E-state index in [0.29, 0.717) is 0 Å². The van der Waals surface area contributed by atoms with Crippen LogP contribution in [0.4, 0.5) is 5.82 Å². The lowest BCUT2D eigenvalue weighted by molar-refractivity contribution is 0.154. The molecule has 2 heterocycles. The van der Waals surface area contributed by atoms with Crippen molar-refractivity contribution in [1.29, 1.82) is 0 Å². The van der Waals surface area contributed by atoms with Gasteiger partial charge in [0, 0.05) is 38.3 Å². The van der Waals surface area contributed by atoms with Crippen molar-refractivity contribution in [2.45, 2.75) is 20.3 Å². The van der Waals surface area contributed by atoms with Gasteiger partial charge in [0.15, 0.2) is 0 Å². The number of hydrogen-bond donors (Lipinski definition) is 2. The molecule has 0 unspecified atom stereocenters. The van der Waals surface area contributed by atoms with Crippen LogP contribution in [0.2, 0.25) is 0 Å². The molecule has 5 nitrogen and oxygen atoms in total. The zero-order valence-electron chi connectivity index (χ0n) is 19.4. The van der Waals surface area contributed by atoms with Gasteiger partial charge in [-0.15, -0.1) is 0 Å². The van der Waals surface area contributed by atoms with Gasteiger partial charge in [0.1, 0.15) is 11.6 Å². The van der Waals surface area contributed by atoms with Gasteiger partial charge in [-0.25, -0.2) is 4.98 Å². The van der Waals surface area contributed by atoms with E-state index in [2.05, 4.69) is 65.5 Å². The standard InChI is InChI=1S/C27H34N4O/c1-20-9-10-26(32)24(17-20)25-18-22(23-8-5-4-7-21(23)2)19-27(29-25)28-11-6-12-31-15-13-30(3)14-16-31/h4-5,7-10,17-19,32H,6,11-16H2,1-3H3,(H,28,29). The van der Waals surface area contributed by atoms with Crippen LogP contribution >= 0.6 is 0 Å². The molecule has 1 saturated heterocycles. The lowest BCUT2D eigenvalue weighted by Gasteiger charge is -2.32. The van der Waals surface area contributed by atoms with E-state index in [0.717, 1.165) is 73.9 Å². The van der Waals surface area contributed by atoms with Gasteiger partial charge in [0.2, 0.25) is 0 Å². The lowest BCUT2D eigenvalue weighted by Crippen LogP contribution is -2.44. The van der Waals surface area contributed by atoms with E-state index in [1.165, 1.54) is 11.1 Å². The number of likely N-dealkylation sites (N-methyl/N-ethyl adjacent to an activating group) is 1. The van der Waals surface area contributed by atoms with Crippen LogP contribution in [-0.2, 0) is 0 Å². The van der Waals surface area contributed by atoms with E-state index in [4.69, 9.17) is 4.98 Å². The zero-order chi connectivity index (χ0) is 22.5. The van der Waals surface area contributed by atoms with Crippen LogP contribution in [0.15, 0.2) is 54.6 Å². The number of pyridine rings is 1. The minimum absolute atomic E-state index is 0.256. The molecule has 1 aromatic heterocycles. The van der Waals surface area contributed by atoms with Crippen LogP contribution < -0.4 is 5.32 Å². The van der Waals surface area contributed by atoms with Gasteiger partial charge in [-0.1, -0.05) is 35.9 Å². The molecule has 3 aromatic rings. The van der Waals surface area contributed by atoms with Crippen molar-refractivity contribution in [3.05, 3.63) is 65.7 Å². The number of phenols is 1. The van der Waals surface area contributed by atoms with Crippen molar-refractivity contribution in [2.24, 2.45) is 0 Å². The topological polar surface area (TPSA) is 51.6 Å². The molecule has 0 bridgehead atoms. The van der Waals surface area contributed by atoms with E-state index in [-0.39, 0.29) is 5.75 Å². The summed E-state index contributed by atoms with van der Waals surface area (Å²) >= 11 is 0. The fraction of sp³-hybridized carbons (Fsp3) is 0.370. The lowest BCUT2D eigenvalue weighted by atomic mass is 9.98. The molecule has 0 atom stereocenters. The Balaban J connectivity index is 1.55. The molecule has 1 aliphatic heterocycles. The van der Waals surface area contributed by atoms with Crippen LogP contribution in [0, 0.1) is 13.8 Å². The van der Waals surface area contributed by atoms with Crippen molar-refractivity contribution in [3.63, 3.8) is 0 Å². The second-order valence-electron chi connectivity index (χ2n) is 8.89. The Morgan fingerprint density at radius 2 is 1.72 bits per heavy atom. The van der Waals surface area contributed by atoms with Crippen molar-refractivity contribution in [1.82, 2.24) is 14.8 Å². The molecular weight excluding hydrogens is 396 g/mol. The SMILES string of the molecule is Cc1ccc(O)c(-c2cc(-c3ccccc3C)cc(NCCCN3CCN(C)CC3)n2)c1. The number of piperazine rings is 1. The Bertz CT molecular complexity index is 1060. The first-order valence-corrected chi connectivity index (χ1v) is 11.5. The first-order valence-electron chi connectivity index (χ1n) is 11.5. The second-order valence-corrected chi connectivity index (χ2v) is 8.89. The normalized spacial score (nSPS) is 15.1. The van der Waals surface area contributed by atoms with Crippen LogP contribution in [0.5, 0.6) is 5.75 Å². The summed E-state index contributed by atoms with van der Waals surface area (Å²) in [6, 6.07) is 18.2. The average molecular weight is 431 g/mol. The van der Waals surface area contributed by atoms with Crippen LogP contribution in [0.25, 0.3) is 22.4 Å². The summed E-state index contributed by atoms with van der Waals surface area (Å²) in [5, 5.41) is 14.0. The molecule has 2 N–H and O–H groups in total. The summed E-state index contributed by atoms with van der Waals surface area (Å²) < 4.78 is 0. The Hall–Kier alpha value is -2.89. The number of aryl methyl sites for hydroxylation is 2. The maximum Gasteiger partial charge on any atom is 0.127 e. The number of hydrogen-bond acceptors (Lipinski definition) is 5. The highest BCUT2D eigenvalue weighted by atomic mass is 16.3. The fourth-order valence-corrected chi connectivity index (χ4v) is 4.26. The molecule has 5 heteroatoms. The number of phenolic OH excluding ortho intramolecular Hbond substituents is 1. The first kappa shape index (κ1) is 22.3. The summed E-state index contributed by atoms with van der Waals surface area (Å²) in [4.78, 5) is 9.79. The molecule has 0 spiro atoms. The van der Waals surface area contributed by atoms with Gasteiger partial charge in [0.25, 0.3) is 0 Å². The molecule has 168 valence electrons. The Morgan fingerprint density at radius 1 is 0.938 bits per heavy atom. The fourth-order valence-electron chi connectivity index (χ4n) is 4.26. The van der Waals surface area contributed by atoms with E-state index >= 15 is 0 Å². The quantitative estimate of drug-likeness (QED) is 0.528. The molecule has 1 fully saturated rings. The number of rotatable bonds is 7. The number of aromatic hydroxyl groups is 1.